The number of rotatable bonds is 5. The quantitative estimate of drug-likeness (QED) is 0.730. The number of hydrogen-bond acceptors (Lipinski definition) is 7. The summed E-state index contributed by atoms with van der Waals surface area (Å²) >= 11 is 0. The normalized spacial score (nSPS) is 19.6. The van der Waals surface area contributed by atoms with Gasteiger partial charge in [-0.25, -0.2) is 9.67 Å². The van der Waals surface area contributed by atoms with Crippen LogP contribution in [0.2, 0.25) is 0 Å². The van der Waals surface area contributed by atoms with Crippen LogP contribution in [0.25, 0.3) is 5.82 Å². The first kappa shape index (κ1) is 18.4. The molecule has 2 atom stereocenters. The molecule has 0 saturated carbocycles. The van der Waals surface area contributed by atoms with Crippen LogP contribution in [0.15, 0.2) is 42.7 Å². The molecule has 1 fully saturated rings. The van der Waals surface area contributed by atoms with Gasteiger partial charge in [0.25, 0.3) is 0 Å². The average Bonchev–Trinajstić information content (AvgIpc) is 3.13. The van der Waals surface area contributed by atoms with Crippen LogP contribution in [-0.4, -0.2) is 50.3 Å². The van der Waals surface area contributed by atoms with Crippen molar-refractivity contribution in [1.29, 1.82) is 0 Å². The van der Waals surface area contributed by atoms with Crippen molar-refractivity contribution in [2.45, 2.75) is 39.5 Å². The molecular formula is C20H25N7O. The zero-order valence-electron chi connectivity index (χ0n) is 16.4. The van der Waals surface area contributed by atoms with Gasteiger partial charge in [0, 0.05) is 32.0 Å². The van der Waals surface area contributed by atoms with E-state index in [1.165, 1.54) is 0 Å². The van der Waals surface area contributed by atoms with Gasteiger partial charge >= 0.3 is 0 Å². The first-order chi connectivity index (χ1) is 13.6. The van der Waals surface area contributed by atoms with Crippen LogP contribution in [0, 0.1) is 6.92 Å². The average molecular weight is 379 g/mol. The van der Waals surface area contributed by atoms with Crippen LogP contribution in [0.4, 0.5) is 11.6 Å². The van der Waals surface area contributed by atoms with Crippen LogP contribution in [0.3, 0.4) is 0 Å². The van der Waals surface area contributed by atoms with E-state index in [-0.39, 0.29) is 12.2 Å². The summed E-state index contributed by atoms with van der Waals surface area (Å²) in [4.78, 5) is 6.90. The summed E-state index contributed by atoms with van der Waals surface area (Å²) in [5.74, 6) is 2.40. The van der Waals surface area contributed by atoms with Gasteiger partial charge in [0.1, 0.15) is 11.6 Å². The smallest absolute Gasteiger partial charge is 0.175 e. The Kier molecular flexibility index (Phi) is 5.21. The van der Waals surface area contributed by atoms with Gasteiger partial charge in [-0.05, 0) is 50.6 Å². The summed E-state index contributed by atoms with van der Waals surface area (Å²) in [5, 5.41) is 16.1. The minimum absolute atomic E-state index is 0.221. The number of pyridine rings is 1. The highest BCUT2D eigenvalue weighted by molar-refractivity contribution is 5.42. The summed E-state index contributed by atoms with van der Waals surface area (Å²) in [5.41, 5.74) is 2.03. The van der Waals surface area contributed by atoms with Gasteiger partial charge in [-0.15, -0.1) is 10.2 Å². The summed E-state index contributed by atoms with van der Waals surface area (Å²) < 4.78 is 7.50. The number of nitrogens with zero attached hydrogens (tertiary/aromatic N) is 6. The first-order valence-corrected chi connectivity index (χ1v) is 9.52. The van der Waals surface area contributed by atoms with Crippen LogP contribution in [-0.2, 0) is 11.3 Å². The van der Waals surface area contributed by atoms with Crippen molar-refractivity contribution in [2.75, 3.05) is 23.3 Å². The molecule has 0 aromatic carbocycles. The maximum absolute atomic E-state index is 5.79. The predicted octanol–water partition coefficient (Wildman–Crippen LogP) is 2.59. The van der Waals surface area contributed by atoms with E-state index in [9.17, 15) is 0 Å². The molecule has 0 amide bonds. The Bertz CT molecular complexity index is 897. The number of hydrogen-bond donors (Lipinski definition) is 1. The number of morpholine rings is 1. The van der Waals surface area contributed by atoms with Gasteiger partial charge in [-0.3, -0.25) is 0 Å². The van der Waals surface area contributed by atoms with E-state index in [1.807, 2.05) is 37.5 Å². The zero-order valence-corrected chi connectivity index (χ0v) is 16.4. The van der Waals surface area contributed by atoms with Gasteiger partial charge in [-0.2, -0.15) is 5.10 Å². The van der Waals surface area contributed by atoms with Gasteiger partial charge in [0.15, 0.2) is 5.82 Å². The molecule has 8 heteroatoms. The summed E-state index contributed by atoms with van der Waals surface area (Å²) in [7, 11) is 0. The molecule has 3 aromatic rings. The number of anilines is 2. The van der Waals surface area contributed by atoms with Crippen LogP contribution < -0.4 is 10.2 Å². The van der Waals surface area contributed by atoms with E-state index in [4.69, 9.17) is 4.74 Å². The third-order valence-electron chi connectivity index (χ3n) is 4.63. The molecule has 1 aliphatic heterocycles. The molecule has 4 heterocycles. The van der Waals surface area contributed by atoms with Gasteiger partial charge in [0.2, 0.25) is 0 Å². The second-order valence-corrected chi connectivity index (χ2v) is 7.22. The fraction of sp³-hybridized carbons (Fsp3) is 0.400. The maximum atomic E-state index is 5.79. The SMILES string of the molecule is Cc1ccn(-c2ccc(NCc3ccc(N4CC(C)OC(C)C4)nc3)nn2)n1. The van der Waals surface area contributed by atoms with Crippen molar-refractivity contribution in [3.63, 3.8) is 0 Å². The molecule has 146 valence electrons. The summed E-state index contributed by atoms with van der Waals surface area (Å²) in [6.07, 6.45) is 4.22. The van der Waals surface area contributed by atoms with Crippen molar-refractivity contribution in [3.8, 4) is 5.82 Å². The number of ether oxygens (including phenoxy) is 1. The van der Waals surface area contributed by atoms with Crippen molar-refractivity contribution in [3.05, 3.63) is 54.0 Å². The largest absolute Gasteiger partial charge is 0.372 e. The Morgan fingerprint density at radius 3 is 2.43 bits per heavy atom. The predicted molar refractivity (Wildman–Crippen MR) is 108 cm³/mol. The maximum Gasteiger partial charge on any atom is 0.175 e. The molecule has 0 bridgehead atoms. The lowest BCUT2D eigenvalue weighted by Crippen LogP contribution is -2.45. The molecule has 0 radical (unpaired) electrons. The molecule has 0 aliphatic carbocycles. The van der Waals surface area contributed by atoms with Crippen LogP contribution >= 0.6 is 0 Å². The Hall–Kier alpha value is -3.00. The van der Waals surface area contributed by atoms with E-state index in [1.54, 1.807) is 4.68 Å². The molecule has 1 N–H and O–H groups in total. The van der Waals surface area contributed by atoms with Gasteiger partial charge in [-0.1, -0.05) is 6.07 Å². The fourth-order valence-electron chi connectivity index (χ4n) is 3.35. The second-order valence-electron chi connectivity index (χ2n) is 7.22. The Morgan fingerprint density at radius 2 is 1.82 bits per heavy atom. The lowest BCUT2D eigenvalue weighted by molar-refractivity contribution is -0.00545. The third-order valence-corrected chi connectivity index (χ3v) is 4.63. The highest BCUT2D eigenvalue weighted by atomic mass is 16.5. The fourth-order valence-corrected chi connectivity index (χ4v) is 3.35. The summed E-state index contributed by atoms with van der Waals surface area (Å²) in [6, 6.07) is 9.88. The van der Waals surface area contributed by atoms with Crippen LogP contribution in [0.5, 0.6) is 0 Å². The molecule has 3 aromatic heterocycles. The Morgan fingerprint density at radius 1 is 1.04 bits per heavy atom. The first-order valence-electron chi connectivity index (χ1n) is 9.52. The van der Waals surface area contributed by atoms with E-state index in [2.05, 4.69) is 56.5 Å². The van der Waals surface area contributed by atoms with Crippen molar-refractivity contribution in [1.82, 2.24) is 25.0 Å². The molecule has 28 heavy (non-hydrogen) atoms. The molecule has 0 spiro atoms. The monoisotopic (exact) mass is 379 g/mol. The Balaban J connectivity index is 1.35. The number of nitrogens with one attached hydrogen (secondary N) is 1. The summed E-state index contributed by atoms with van der Waals surface area (Å²) in [6.45, 7) is 8.51. The van der Waals surface area contributed by atoms with Crippen molar-refractivity contribution >= 4 is 11.6 Å². The minimum Gasteiger partial charge on any atom is -0.372 e. The van der Waals surface area contributed by atoms with Crippen molar-refractivity contribution < 1.29 is 4.74 Å². The molecule has 8 nitrogen and oxygen atoms in total. The van der Waals surface area contributed by atoms with E-state index in [0.717, 1.165) is 30.2 Å². The van der Waals surface area contributed by atoms with Gasteiger partial charge in [0.05, 0.1) is 17.9 Å². The van der Waals surface area contributed by atoms with E-state index < -0.39 is 0 Å². The van der Waals surface area contributed by atoms with E-state index in [0.29, 0.717) is 18.2 Å². The Labute approximate surface area is 164 Å². The molecule has 4 rings (SSSR count). The molecular weight excluding hydrogens is 354 g/mol. The van der Waals surface area contributed by atoms with Crippen molar-refractivity contribution in [2.24, 2.45) is 0 Å². The van der Waals surface area contributed by atoms with Crippen LogP contribution in [0.1, 0.15) is 25.1 Å². The highest BCUT2D eigenvalue weighted by Gasteiger charge is 2.22. The highest BCUT2D eigenvalue weighted by Crippen LogP contribution is 2.18. The molecule has 1 saturated heterocycles. The lowest BCUT2D eigenvalue weighted by atomic mass is 10.2. The number of aromatic nitrogens is 5. The minimum atomic E-state index is 0.221. The molecule has 1 aliphatic rings. The molecule has 2 unspecified atom stereocenters. The topological polar surface area (TPSA) is 81.0 Å². The zero-order chi connectivity index (χ0) is 19.5. The third kappa shape index (κ3) is 4.28. The second kappa shape index (κ2) is 7.93. The van der Waals surface area contributed by atoms with E-state index >= 15 is 0 Å². The standard InChI is InChI=1S/C20H25N7O/c1-14-8-9-27(25-14)20-7-5-18(23-24-20)21-10-17-4-6-19(22-11-17)26-12-15(2)28-16(3)13-26/h4-9,11,15-16H,10,12-13H2,1-3H3,(H,21,23). The number of aryl methyl sites for hydroxylation is 1. The van der Waals surface area contributed by atoms with Gasteiger partial charge < -0.3 is 15.0 Å². The lowest BCUT2D eigenvalue weighted by Gasteiger charge is -2.36.